The number of nitriles is 1. The fraction of sp³-hybridized carbons (Fsp3) is 0.562. The lowest BCUT2D eigenvalue weighted by Crippen LogP contribution is -2.15. The van der Waals surface area contributed by atoms with E-state index in [1.807, 2.05) is 18.5 Å². The number of aromatic nitrogens is 2. The van der Waals surface area contributed by atoms with Crippen LogP contribution in [0.25, 0.3) is 0 Å². The van der Waals surface area contributed by atoms with E-state index in [2.05, 4.69) is 23.4 Å². The molecule has 5 nitrogen and oxygen atoms in total. The lowest BCUT2D eigenvalue weighted by Gasteiger charge is -2.16. The third-order valence-electron chi connectivity index (χ3n) is 4.18. The van der Waals surface area contributed by atoms with Crippen molar-refractivity contribution in [1.29, 1.82) is 5.26 Å². The van der Waals surface area contributed by atoms with E-state index < -0.39 is 0 Å². The number of anilines is 1. The van der Waals surface area contributed by atoms with Gasteiger partial charge in [-0.2, -0.15) is 10.4 Å². The van der Waals surface area contributed by atoms with Gasteiger partial charge in [0.25, 0.3) is 0 Å². The van der Waals surface area contributed by atoms with Crippen LogP contribution in [0.5, 0.6) is 0 Å². The second-order valence-corrected chi connectivity index (χ2v) is 5.65. The van der Waals surface area contributed by atoms with Crippen molar-refractivity contribution in [2.75, 3.05) is 5.32 Å². The molecule has 0 radical (unpaired) electrons. The van der Waals surface area contributed by atoms with Gasteiger partial charge >= 0.3 is 0 Å². The van der Waals surface area contributed by atoms with Gasteiger partial charge in [0.05, 0.1) is 6.20 Å². The number of carbonyl (C=O) groups is 1. The first kappa shape index (κ1) is 15.3. The number of carbonyl (C=O) groups excluding carboxylic acids is 1. The summed E-state index contributed by atoms with van der Waals surface area (Å²) in [6, 6.07) is 2.16. The minimum Gasteiger partial charge on any atom is -0.342 e. The third-order valence-corrected chi connectivity index (χ3v) is 4.18. The number of nitrogens with one attached hydrogen (secondary N) is 1. The molecule has 0 saturated carbocycles. The molecule has 0 fully saturated rings. The fourth-order valence-electron chi connectivity index (χ4n) is 2.50. The molecule has 2 unspecified atom stereocenters. The van der Waals surface area contributed by atoms with Crippen LogP contribution in [0, 0.1) is 23.2 Å². The fourth-order valence-corrected chi connectivity index (χ4v) is 2.50. The average molecular weight is 286 g/mol. The summed E-state index contributed by atoms with van der Waals surface area (Å²) >= 11 is 0. The Morgan fingerprint density at radius 2 is 2.14 bits per heavy atom. The number of allylic oxidation sites excluding steroid dienone is 2. The molecule has 2 rings (SSSR count). The molecule has 0 aliphatic heterocycles. The Bertz CT molecular complexity index is 594. The molecule has 0 saturated heterocycles. The smallest absolute Gasteiger partial charge is 0.160 e. The number of unbranched alkanes of at least 4 members (excludes halogenated alkanes) is 2. The molecule has 0 bridgehead atoms. The molecule has 112 valence electrons. The van der Waals surface area contributed by atoms with Gasteiger partial charge < -0.3 is 5.32 Å². The van der Waals surface area contributed by atoms with E-state index in [0.29, 0.717) is 11.4 Å². The zero-order valence-corrected chi connectivity index (χ0v) is 12.9. The Morgan fingerprint density at radius 3 is 2.71 bits per heavy atom. The van der Waals surface area contributed by atoms with E-state index in [-0.39, 0.29) is 17.6 Å². The van der Waals surface area contributed by atoms with Crippen LogP contribution < -0.4 is 5.32 Å². The predicted octanol–water partition coefficient (Wildman–Crippen LogP) is 3.10. The van der Waals surface area contributed by atoms with Gasteiger partial charge in [-0.25, -0.2) is 4.68 Å². The maximum atomic E-state index is 11.8. The van der Waals surface area contributed by atoms with Crippen molar-refractivity contribution in [3.8, 4) is 6.07 Å². The van der Waals surface area contributed by atoms with Crippen LogP contribution in [0.1, 0.15) is 45.6 Å². The van der Waals surface area contributed by atoms with Crippen LogP contribution in [0.4, 0.5) is 5.82 Å². The van der Waals surface area contributed by atoms with Crippen molar-refractivity contribution in [3.05, 3.63) is 23.5 Å². The summed E-state index contributed by atoms with van der Waals surface area (Å²) in [6.45, 7) is 6.89. The standard InChI is InChI=1S/C16H22N4O/c1-4-5-6-7-20-16(13(9-17)10-18-20)19-14-8-15(21)12(3)11(14)2/h8,10-12,19H,4-7H2,1-3H3. The van der Waals surface area contributed by atoms with E-state index >= 15 is 0 Å². The number of hydrogen-bond acceptors (Lipinski definition) is 4. The molecule has 0 aromatic carbocycles. The first-order valence-corrected chi connectivity index (χ1v) is 7.56. The summed E-state index contributed by atoms with van der Waals surface area (Å²) < 4.78 is 1.83. The molecule has 5 heteroatoms. The monoisotopic (exact) mass is 286 g/mol. The Labute approximate surface area is 125 Å². The molecule has 0 spiro atoms. The zero-order chi connectivity index (χ0) is 15.4. The Kier molecular flexibility index (Phi) is 4.79. The normalized spacial score (nSPS) is 21.2. The van der Waals surface area contributed by atoms with Crippen LogP contribution in [0.2, 0.25) is 0 Å². The summed E-state index contributed by atoms with van der Waals surface area (Å²) in [6.07, 6.45) is 6.54. The molecule has 1 aliphatic carbocycles. The number of nitrogens with zero attached hydrogens (tertiary/aromatic N) is 3. The van der Waals surface area contributed by atoms with Gasteiger partial charge in [-0.05, 0) is 6.42 Å². The van der Waals surface area contributed by atoms with Crippen LogP contribution in [-0.4, -0.2) is 15.6 Å². The van der Waals surface area contributed by atoms with Crippen molar-refractivity contribution in [2.24, 2.45) is 11.8 Å². The van der Waals surface area contributed by atoms with Gasteiger partial charge in [0.2, 0.25) is 0 Å². The van der Waals surface area contributed by atoms with E-state index in [0.717, 1.165) is 31.5 Å². The molecule has 21 heavy (non-hydrogen) atoms. The Hall–Kier alpha value is -2.09. The second kappa shape index (κ2) is 6.57. The summed E-state index contributed by atoms with van der Waals surface area (Å²) in [4.78, 5) is 11.8. The number of ketones is 1. The molecule has 1 N–H and O–H groups in total. The average Bonchev–Trinajstić information content (AvgIpc) is 2.97. The molecule has 1 aromatic rings. The number of rotatable bonds is 6. The van der Waals surface area contributed by atoms with Crippen molar-refractivity contribution < 1.29 is 4.79 Å². The highest BCUT2D eigenvalue weighted by Crippen LogP contribution is 2.30. The Morgan fingerprint density at radius 1 is 1.38 bits per heavy atom. The number of hydrogen-bond donors (Lipinski definition) is 1. The van der Waals surface area contributed by atoms with Gasteiger partial charge in [0, 0.05) is 30.2 Å². The van der Waals surface area contributed by atoms with Crippen LogP contribution in [0.15, 0.2) is 18.0 Å². The maximum Gasteiger partial charge on any atom is 0.160 e. The zero-order valence-electron chi connectivity index (χ0n) is 12.9. The number of aryl methyl sites for hydroxylation is 1. The third kappa shape index (κ3) is 3.15. The molecule has 0 amide bonds. The van der Waals surface area contributed by atoms with Crippen LogP contribution in [-0.2, 0) is 11.3 Å². The van der Waals surface area contributed by atoms with Crippen LogP contribution in [0.3, 0.4) is 0 Å². The quantitative estimate of drug-likeness (QED) is 0.816. The minimum atomic E-state index is -0.00509. The lowest BCUT2D eigenvalue weighted by atomic mass is 9.97. The van der Waals surface area contributed by atoms with Crippen molar-refractivity contribution in [3.63, 3.8) is 0 Å². The van der Waals surface area contributed by atoms with Crippen molar-refractivity contribution in [1.82, 2.24) is 9.78 Å². The SMILES string of the molecule is CCCCCn1ncc(C#N)c1NC1=CC(=O)C(C)C1C. The van der Waals surface area contributed by atoms with Crippen molar-refractivity contribution >= 4 is 11.6 Å². The van der Waals surface area contributed by atoms with Gasteiger partial charge in [0.15, 0.2) is 5.78 Å². The van der Waals surface area contributed by atoms with Gasteiger partial charge in [0.1, 0.15) is 17.5 Å². The van der Waals surface area contributed by atoms with Gasteiger partial charge in [-0.15, -0.1) is 0 Å². The van der Waals surface area contributed by atoms with Gasteiger partial charge in [-0.3, -0.25) is 4.79 Å². The second-order valence-electron chi connectivity index (χ2n) is 5.65. The van der Waals surface area contributed by atoms with E-state index in [1.165, 1.54) is 0 Å². The highest BCUT2D eigenvalue weighted by Gasteiger charge is 2.30. The first-order chi connectivity index (χ1) is 10.1. The highest BCUT2D eigenvalue weighted by molar-refractivity contribution is 5.96. The first-order valence-electron chi connectivity index (χ1n) is 7.56. The van der Waals surface area contributed by atoms with Gasteiger partial charge in [-0.1, -0.05) is 33.6 Å². The van der Waals surface area contributed by atoms with E-state index in [1.54, 1.807) is 12.3 Å². The summed E-state index contributed by atoms with van der Waals surface area (Å²) in [5.41, 5.74) is 1.40. The summed E-state index contributed by atoms with van der Waals surface area (Å²) in [7, 11) is 0. The molecular formula is C16H22N4O. The molecule has 1 heterocycles. The highest BCUT2D eigenvalue weighted by atomic mass is 16.1. The molecule has 1 aromatic heterocycles. The topological polar surface area (TPSA) is 70.7 Å². The lowest BCUT2D eigenvalue weighted by molar-refractivity contribution is -0.117. The van der Waals surface area contributed by atoms with E-state index in [9.17, 15) is 10.1 Å². The van der Waals surface area contributed by atoms with Crippen LogP contribution >= 0.6 is 0 Å². The molecular weight excluding hydrogens is 264 g/mol. The molecule has 1 aliphatic rings. The predicted molar refractivity (Wildman–Crippen MR) is 81.5 cm³/mol. The van der Waals surface area contributed by atoms with Crippen molar-refractivity contribution in [2.45, 2.75) is 46.6 Å². The Balaban J connectivity index is 2.19. The minimum absolute atomic E-state index is 0.00509. The maximum absolute atomic E-state index is 11.8. The molecule has 2 atom stereocenters. The summed E-state index contributed by atoms with van der Waals surface area (Å²) in [5.74, 6) is 0.978. The summed E-state index contributed by atoms with van der Waals surface area (Å²) in [5, 5.41) is 16.8. The van der Waals surface area contributed by atoms with E-state index in [4.69, 9.17) is 0 Å². The largest absolute Gasteiger partial charge is 0.342 e.